The minimum Gasteiger partial charge on any atom is -0.444 e. The van der Waals surface area contributed by atoms with Crippen LogP contribution in [0.4, 0.5) is 4.79 Å². The lowest BCUT2D eigenvalue weighted by Crippen LogP contribution is -2.52. The third-order valence-electron chi connectivity index (χ3n) is 3.20. The predicted molar refractivity (Wildman–Crippen MR) is 73.6 cm³/mol. The molecule has 0 bridgehead atoms. The maximum atomic E-state index is 11.7. The largest absolute Gasteiger partial charge is 0.444 e. The molecule has 2 rings (SSSR count). The molecule has 4 atom stereocenters. The Morgan fingerprint density at radius 1 is 1.38 bits per heavy atom. The molecule has 0 spiro atoms. The van der Waals surface area contributed by atoms with E-state index in [2.05, 4.69) is 5.32 Å². The molecular weight excluding hydrogens is 278 g/mol. The van der Waals surface area contributed by atoms with Crippen LogP contribution in [0.25, 0.3) is 0 Å². The first kappa shape index (κ1) is 16.5. The van der Waals surface area contributed by atoms with Gasteiger partial charge in [-0.05, 0) is 34.6 Å². The van der Waals surface area contributed by atoms with Gasteiger partial charge in [0.15, 0.2) is 12.1 Å². The highest BCUT2D eigenvalue weighted by Crippen LogP contribution is 2.36. The third kappa shape index (κ3) is 4.54. The summed E-state index contributed by atoms with van der Waals surface area (Å²) in [7, 11) is 0. The van der Waals surface area contributed by atoms with Crippen molar-refractivity contribution in [3.63, 3.8) is 0 Å². The van der Waals surface area contributed by atoms with Crippen LogP contribution in [0.5, 0.6) is 0 Å². The van der Waals surface area contributed by atoms with Crippen LogP contribution in [0, 0.1) is 0 Å². The summed E-state index contributed by atoms with van der Waals surface area (Å²) in [5.41, 5.74) is -0.561. The molecular formula is C14H25NO6. The average molecular weight is 303 g/mol. The average Bonchev–Trinajstić information content (AvgIpc) is 2.57. The van der Waals surface area contributed by atoms with E-state index in [1.165, 1.54) is 0 Å². The van der Waals surface area contributed by atoms with E-state index >= 15 is 0 Å². The Balaban J connectivity index is 1.91. The Kier molecular flexibility index (Phi) is 4.49. The van der Waals surface area contributed by atoms with Gasteiger partial charge in [0, 0.05) is 13.0 Å². The number of carbonyl (C=O) groups excluding carboxylic acids is 1. The summed E-state index contributed by atoms with van der Waals surface area (Å²) in [5, 5.41) is 12.4. The lowest BCUT2D eigenvalue weighted by Gasteiger charge is -2.34. The smallest absolute Gasteiger partial charge is 0.407 e. The van der Waals surface area contributed by atoms with E-state index in [1.807, 2.05) is 13.8 Å². The van der Waals surface area contributed by atoms with Crippen molar-refractivity contribution >= 4 is 6.09 Å². The minimum atomic E-state index is -0.922. The zero-order valence-electron chi connectivity index (χ0n) is 13.2. The fourth-order valence-electron chi connectivity index (χ4n) is 2.56. The molecule has 0 aromatic carbocycles. The quantitative estimate of drug-likeness (QED) is 0.795. The highest BCUT2D eigenvalue weighted by Gasteiger charge is 2.49. The van der Waals surface area contributed by atoms with Gasteiger partial charge in [0.2, 0.25) is 0 Å². The summed E-state index contributed by atoms with van der Waals surface area (Å²) < 4.78 is 22.2. The van der Waals surface area contributed by atoms with Crippen LogP contribution in [0.3, 0.4) is 0 Å². The van der Waals surface area contributed by atoms with Crippen molar-refractivity contribution in [1.29, 1.82) is 0 Å². The summed E-state index contributed by atoms with van der Waals surface area (Å²) in [5.74, 6) is -0.715. The number of fused-ring (bicyclic) bond motifs is 1. The van der Waals surface area contributed by atoms with Gasteiger partial charge in [-0.3, -0.25) is 0 Å². The topological polar surface area (TPSA) is 86.3 Å². The molecule has 21 heavy (non-hydrogen) atoms. The summed E-state index contributed by atoms with van der Waals surface area (Å²) in [6.45, 7) is 9.19. The first-order valence-corrected chi connectivity index (χ1v) is 7.22. The molecule has 2 N–H and O–H groups in total. The SMILES string of the molecule is CC(C)(C)OC(=O)NC[C@H]1OC(O)C[C@H]2OC(C)(C)O[C@@H]12. The van der Waals surface area contributed by atoms with Crippen molar-refractivity contribution in [3.05, 3.63) is 0 Å². The van der Waals surface area contributed by atoms with E-state index < -0.39 is 29.9 Å². The van der Waals surface area contributed by atoms with Crippen LogP contribution in [0.1, 0.15) is 41.0 Å². The molecule has 0 aliphatic carbocycles. The zero-order valence-corrected chi connectivity index (χ0v) is 13.2. The molecule has 0 saturated carbocycles. The van der Waals surface area contributed by atoms with E-state index in [1.54, 1.807) is 20.8 Å². The molecule has 2 aliphatic heterocycles. The Morgan fingerprint density at radius 2 is 2.05 bits per heavy atom. The molecule has 1 unspecified atom stereocenters. The maximum absolute atomic E-state index is 11.7. The number of hydrogen-bond donors (Lipinski definition) is 2. The second kappa shape index (κ2) is 5.72. The molecule has 7 heteroatoms. The second-order valence-corrected chi connectivity index (χ2v) is 6.89. The van der Waals surface area contributed by atoms with Crippen LogP contribution >= 0.6 is 0 Å². The van der Waals surface area contributed by atoms with E-state index in [9.17, 15) is 9.90 Å². The van der Waals surface area contributed by atoms with Crippen LogP contribution in [0.15, 0.2) is 0 Å². The van der Waals surface area contributed by atoms with Crippen molar-refractivity contribution in [2.45, 2.75) is 77.0 Å². The first-order valence-electron chi connectivity index (χ1n) is 7.22. The number of amides is 1. The molecule has 2 heterocycles. The fourth-order valence-corrected chi connectivity index (χ4v) is 2.56. The zero-order chi connectivity index (χ0) is 15.8. The number of rotatable bonds is 2. The highest BCUT2D eigenvalue weighted by atomic mass is 16.8. The van der Waals surface area contributed by atoms with Gasteiger partial charge in [-0.25, -0.2) is 4.79 Å². The summed E-state index contributed by atoms with van der Waals surface area (Å²) in [6, 6.07) is 0. The molecule has 2 aliphatic rings. The van der Waals surface area contributed by atoms with Crippen molar-refractivity contribution in [1.82, 2.24) is 5.32 Å². The molecule has 2 fully saturated rings. The summed E-state index contributed by atoms with van der Waals surface area (Å²) >= 11 is 0. The van der Waals surface area contributed by atoms with Crippen LogP contribution in [-0.4, -0.2) is 53.7 Å². The van der Waals surface area contributed by atoms with E-state index in [4.69, 9.17) is 18.9 Å². The van der Waals surface area contributed by atoms with Crippen LogP contribution in [-0.2, 0) is 18.9 Å². The number of carbonyl (C=O) groups is 1. The highest BCUT2D eigenvalue weighted by molar-refractivity contribution is 5.67. The molecule has 0 aromatic rings. The molecule has 0 radical (unpaired) electrons. The lowest BCUT2D eigenvalue weighted by atomic mass is 10.0. The van der Waals surface area contributed by atoms with E-state index in [0.717, 1.165) is 0 Å². The van der Waals surface area contributed by atoms with Gasteiger partial charge in [0.05, 0.1) is 6.10 Å². The monoisotopic (exact) mass is 303 g/mol. The molecule has 1 amide bonds. The van der Waals surface area contributed by atoms with Crippen molar-refractivity contribution in [3.8, 4) is 0 Å². The number of alkyl carbamates (subject to hydrolysis) is 1. The standard InChI is InChI=1S/C14H25NO6/c1-13(2,3)21-12(17)15-7-9-11-8(6-10(16)18-9)19-14(4,5)20-11/h8-11,16H,6-7H2,1-5H3,(H,15,17)/t8-,9-,10?,11-/m1/s1. The van der Waals surface area contributed by atoms with Crippen LogP contribution < -0.4 is 5.32 Å². The number of aliphatic hydroxyl groups is 1. The van der Waals surface area contributed by atoms with Gasteiger partial charge in [-0.2, -0.15) is 0 Å². The van der Waals surface area contributed by atoms with Gasteiger partial charge >= 0.3 is 6.09 Å². The Hall–Kier alpha value is -0.890. The Bertz CT molecular complexity index is 391. The summed E-state index contributed by atoms with van der Waals surface area (Å²) in [4.78, 5) is 11.7. The Morgan fingerprint density at radius 3 is 2.67 bits per heavy atom. The predicted octanol–water partition coefficient (Wildman–Crippen LogP) is 1.14. The van der Waals surface area contributed by atoms with Gasteiger partial charge in [0.25, 0.3) is 0 Å². The van der Waals surface area contributed by atoms with E-state index in [-0.39, 0.29) is 18.8 Å². The van der Waals surface area contributed by atoms with E-state index in [0.29, 0.717) is 6.42 Å². The van der Waals surface area contributed by atoms with Crippen molar-refractivity contribution < 1.29 is 28.8 Å². The normalized spacial score (nSPS) is 35.1. The molecule has 7 nitrogen and oxygen atoms in total. The van der Waals surface area contributed by atoms with Gasteiger partial charge in [-0.1, -0.05) is 0 Å². The number of ether oxygens (including phenoxy) is 4. The number of hydrogen-bond acceptors (Lipinski definition) is 6. The minimum absolute atomic E-state index is 0.187. The number of nitrogens with one attached hydrogen (secondary N) is 1. The molecule has 122 valence electrons. The lowest BCUT2D eigenvalue weighted by molar-refractivity contribution is -0.207. The summed E-state index contributed by atoms with van der Waals surface area (Å²) in [6.07, 6.45) is -2.13. The molecule has 0 aromatic heterocycles. The van der Waals surface area contributed by atoms with Crippen molar-refractivity contribution in [2.24, 2.45) is 0 Å². The van der Waals surface area contributed by atoms with Gasteiger partial charge in [0.1, 0.15) is 17.8 Å². The fraction of sp³-hybridized carbons (Fsp3) is 0.929. The van der Waals surface area contributed by atoms with Gasteiger partial charge < -0.3 is 29.4 Å². The Labute approximate surface area is 124 Å². The van der Waals surface area contributed by atoms with Gasteiger partial charge in [-0.15, -0.1) is 0 Å². The molecule has 2 saturated heterocycles. The number of aliphatic hydroxyl groups excluding tert-OH is 1. The first-order chi connectivity index (χ1) is 9.56. The third-order valence-corrected chi connectivity index (χ3v) is 3.20. The maximum Gasteiger partial charge on any atom is 0.407 e. The second-order valence-electron chi connectivity index (χ2n) is 6.89. The van der Waals surface area contributed by atoms with Crippen LogP contribution in [0.2, 0.25) is 0 Å². The van der Waals surface area contributed by atoms with Crippen molar-refractivity contribution in [2.75, 3.05) is 6.54 Å².